The van der Waals surface area contributed by atoms with Crippen LogP contribution in [0.2, 0.25) is 0 Å². The van der Waals surface area contributed by atoms with Crippen molar-refractivity contribution >= 4 is 47.4 Å². The lowest BCUT2D eigenvalue weighted by atomic mass is 9.94. The second kappa shape index (κ2) is 11.8. The van der Waals surface area contributed by atoms with E-state index < -0.39 is 65.0 Å². The Labute approximate surface area is 193 Å². The first kappa shape index (κ1) is 26.4. The van der Waals surface area contributed by atoms with Crippen molar-refractivity contribution in [2.45, 2.75) is 56.1 Å². The number of nitrogens with zero attached hydrogens (tertiary/aromatic N) is 1. The number of carbonyl (C=O) groups is 6. The highest BCUT2D eigenvalue weighted by Crippen LogP contribution is 2.40. The number of carbonyl (C=O) groups excluding carboxylic acids is 4. The molecule has 0 aromatic carbocycles. The molecule has 6 N–H and O–H groups in total. The van der Waals surface area contributed by atoms with Gasteiger partial charge in [-0.2, -0.15) is 0 Å². The van der Waals surface area contributed by atoms with Crippen molar-refractivity contribution in [3.05, 3.63) is 0 Å². The zero-order chi connectivity index (χ0) is 24.7. The number of nitrogens with one attached hydrogen (secondary N) is 2. The van der Waals surface area contributed by atoms with E-state index in [0.29, 0.717) is 18.6 Å². The summed E-state index contributed by atoms with van der Waals surface area (Å²) in [6, 6.07) is -3.10. The Bertz CT molecular complexity index is 808. The topological polar surface area (TPSA) is 205 Å². The van der Waals surface area contributed by atoms with Crippen LogP contribution in [0.4, 0.5) is 0 Å². The van der Waals surface area contributed by atoms with E-state index in [-0.39, 0.29) is 26.0 Å². The van der Waals surface area contributed by atoms with Gasteiger partial charge in [0.25, 0.3) is 0 Å². The second-order valence-corrected chi connectivity index (χ2v) is 8.92. The third-order valence-electron chi connectivity index (χ3n) is 5.34. The van der Waals surface area contributed by atoms with Crippen molar-refractivity contribution in [1.82, 2.24) is 15.5 Å². The molecule has 2 heterocycles. The summed E-state index contributed by atoms with van der Waals surface area (Å²) in [4.78, 5) is 71.2. The molecule has 184 valence electrons. The summed E-state index contributed by atoms with van der Waals surface area (Å²) in [5.41, 5.74) is 5.15. The summed E-state index contributed by atoms with van der Waals surface area (Å²) in [6.07, 6.45) is 0.832. The number of hydrogen-bond donors (Lipinski definition) is 5. The van der Waals surface area contributed by atoms with E-state index in [9.17, 15) is 33.9 Å². The average molecular weight is 489 g/mol. The Balaban J connectivity index is 1.82. The first-order valence-electron chi connectivity index (χ1n) is 10.4. The second-order valence-electron chi connectivity index (χ2n) is 7.77. The average Bonchev–Trinajstić information content (AvgIpc) is 2.76. The van der Waals surface area contributed by atoms with Crippen LogP contribution < -0.4 is 16.4 Å². The molecule has 0 unspecified atom stereocenters. The highest BCUT2D eigenvalue weighted by molar-refractivity contribution is 8.00. The summed E-state index contributed by atoms with van der Waals surface area (Å²) in [6.45, 7) is 0.772. The smallest absolute Gasteiger partial charge is 0.326 e. The van der Waals surface area contributed by atoms with Gasteiger partial charge in [-0.05, 0) is 12.8 Å². The summed E-state index contributed by atoms with van der Waals surface area (Å²) in [7, 11) is 0. The lowest BCUT2D eigenvalue weighted by Gasteiger charge is -2.54. The van der Waals surface area contributed by atoms with Crippen LogP contribution in [0.15, 0.2) is 0 Å². The number of fused-ring (bicyclic) bond motifs is 1. The molecule has 0 saturated carbocycles. The van der Waals surface area contributed by atoms with Gasteiger partial charge in [-0.3, -0.25) is 19.2 Å². The van der Waals surface area contributed by atoms with E-state index in [4.69, 9.17) is 15.6 Å². The number of β-lactam (4-membered cyclic amide) rings is 1. The Morgan fingerprint density at radius 3 is 2.48 bits per heavy atom. The number of carboxylic acid groups (broad SMARTS) is 2. The van der Waals surface area contributed by atoms with Gasteiger partial charge in [0.1, 0.15) is 23.5 Å². The largest absolute Gasteiger partial charge is 0.480 e. The maximum absolute atomic E-state index is 12.6. The molecule has 2 rings (SSSR count). The Kier molecular flexibility index (Phi) is 9.46. The first-order chi connectivity index (χ1) is 15.6. The molecule has 2 aliphatic heterocycles. The van der Waals surface area contributed by atoms with Crippen LogP contribution in [0.3, 0.4) is 0 Å². The Hall–Kier alpha value is -2.87. The highest BCUT2D eigenvalue weighted by atomic mass is 32.2. The van der Waals surface area contributed by atoms with E-state index >= 15 is 0 Å². The van der Waals surface area contributed by atoms with Crippen LogP contribution in [0, 0.1) is 5.92 Å². The number of esters is 1. The van der Waals surface area contributed by atoms with Crippen molar-refractivity contribution in [2.75, 3.05) is 18.9 Å². The fourth-order valence-electron chi connectivity index (χ4n) is 3.71. The fraction of sp³-hybridized carbons (Fsp3) is 0.684. The molecular formula is C19H28N4O9S. The van der Waals surface area contributed by atoms with E-state index in [1.807, 2.05) is 0 Å². The minimum Gasteiger partial charge on any atom is -0.480 e. The molecule has 2 saturated heterocycles. The van der Waals surface area contributed by atoms with Crippen molar-refractivity contribution in [1.29, 1.82) is 0 Å². The maximum Gasteiger partial charge on any atom is 0.326 e. The van der Waals surface area contributed by atoms with E-state index in [1.165, 1.54) is 23.6 Å². The molecule has 0 aliphatic carbocycles. The van der Waals surface area contributed by atoms with Crippen molar-refractivity contribution < 1.29 is 43.7 Å². The minimum atomic E-state index is -1.20. The van der Waals surface area contributed by atoms with Crippen LogP contribution in [0.1, 0.15) is 32.6 Å². The monoisotopic (exact) mass is 488 g/mol. The number of unbranched alkanes of at least 4 members (excludes halogenated alkanes) is 1. The number of hydrogen-bond acceptors (Lipinski definition) is 9. The number of carboxylic acids is 2. The zero-order valence-electron chi connectivity index (χ0n) is 18.0. The number of aliphatic carboxylic acids is 2. The van der Waals surface area contributed by atoms with Gasteiger partial charge in [0.2, 0.25) is 17.7 Å². The molecule has 0 bridgehead atoms. The van der Waals surface area contributed by atoms with E-state index in [0.717, 1.165) is 0 Å². The van der Waals surface area contributed by atoms with Gasteiger partial charge in [0.05, 0.1) is 13.2 Å². The highest BCUT2D eigenvalue weighted by Gasteiger charge is 2.57. The first-order valence-corrected chi connectivity index (χ1v) is 11.4. The van der Waals surface area contributed by atoms with Crippen molar-refractivity contribution in [3.63, 3.8) is 0 Å². The van der Waals surface area contributed by atoms with Crippen LogP contribution in [0.5, 0.6) is 0 Å². The molecule has 0 spiro atoms. The summed E-state index contributed by atoms with van der Waals surface area (Å²) in [5, 5.41) is 23.1. The molecule has 13 nitrogen and oxygen atoms in total. The quantitative estimate of drug-likeness (QED) is 0.117. The molecule has 0 radical (unpaired) electrons. The number of thioether (sulfide) groups is 1. The fourth-order valence-corrected chi connectivity index (χ4v) is 5.20. The molecule has 2 aliphatic rings. The normalized spacial score (nSPS) is 24.7. The van der Waals surface area contributed by atoms with E-state index in [1.54, 1.807) is 0 Å². The molecular weight excluding hydrogens is 460 g/mol. The number of nitrogens with two attached hydrogens (primary N) is 1. The third kappa shape index (κ3) is 6.81. The lowest BCUT2D eigenvalue weighted by Crippen LogP contribution is -2.76. The zero-order valence-corrected chi connectivity index (χ0v) is 18.8. The molecule has 0 aromatic rings. The molecule has 0 aromatic heterocycles. The lowest BCUT2D eigenvalue weighted by molar-refractivity contribution is -0.167. The molecule has 2 fully saturated rings. The van der Waals surface area contributed by atoms with Crippen molar-refractivity contribution in [2.24, 2.45) is 11.7 Å². The Morgan fingerprint density at radius 2 is 1.91 bits per heavy atom. The number of rotatable bonds is 12. The van der Waals surface area contributed by atoms with Gasteiger partial charge in [0, 0.05) is 25.0 Å². The van der Waals surface area contributed by atoms with Gasteiger partial charge in [-0.1, -0.05) is 6.42 Å². The van der Waals surface area contributed by atoms with Crippen LogP contribution in [-0.4, -0.2) is 93.1 Å². The van der Waals surface area contributed by atoms with Gasteiger partial charge >= 0.3 is 17.9 Å². The minimum absolute atomic E-state index is 0.0375. The van der Waals surface area contributed by atoms with E-state index in [2.05, 4.69) is 10.6 Å². The van der Waals surface area contributed by atoms with Gasteiger partial charge in [0.15, 0.2) is 0 Å². The predicted octanol–water partition coefficient (Wildman–Crippen LogP) is -1.89. The third-order valence-corrected chi connectivity index (χ3v) is 6.80. The molecule has 33 heavy (non-hydrogen) atoms. The summed E-state index contributed by atoms with van der Waals surface area (Å²) >= 11 is 1.31. The maximum atomic E-state index is 12.6. The predicted molar refractivity (Wildman–Crippen MR) is 114 cm³/mol. The van der Waals surface area contributed by atoms with Crippen LogP contribution in [-0.2, 0) is 33.5 Å². The van der Waals surface area contributed by atoms with Crippen molar-refractivity contribution in [3.8, 4) is 0 Å². The number of ether oxygens (including phenoxy) is 1. The van der Waals surface area contributed by atoms with Gasteiger partial charge in [-0.15, -0.1) is 11.8 Å². The molecule has 14 heteroatoms. The summed E-state index contributed by atoms with van der Waals surface area (Å²) < 4.78 is 4.92. The molecule has 5 atom stereocenters. The Morgan fingerprint density at radius 1 is 1.21 bits per heavy atom. The van der Waals surface area contributed by atoms with Gasteiger partial charge in [-0.25, -0.2) is 9.59 Å². The van der Waals surface area contributed by atoms with Crippen LogP contribution >= 0.6 is 11.8 Å². The van der Waals surface area contributed by atoms with Crippen LogP contribution in [0.25, 0.3) is 0 Å². The van der Waals surface area contributed by atoms with Gasteiger partial charge < -0.3 is 36.2 Å². The number of amides is 3. The SMILES string of the molecule is CC(=O)OC[C@@H]1CS[C@@H]2[C@H](NC(=O)CCCC[C@H](NC(=O)CN)C(=O)O)C(=O)N2[C@@H]1C(=O)O. The standard InChI is InChI=1S/C19H28N4O9S/c1-9(24)32-7-10-8-33-17-14(16(27)23(17)15(10)19(30)31)22-12(25)5-3-2-4-11(18(28)29)21-13(26)6-20/h10-11,14-15,17H,2-8,20H2,1H3,(H,21,26)(H,22,25)(H,28,29)(H,30,31)/t10-,11+,14-,15+,17-/m1/s1. The summed E-state index contributed by atoms with van der Waals surface area (Å²) in [5.74, 6) is -4.68. The molecule has 3 amide bonds.